The van der Waals surface area contributed by atoms with Crippen molar-refractivity contribution in [3.8, 4) is 0 Å². The zero-order valence-corrected chi connectivity index (χ0v) is 13.8. The molecule has 1 aliphatic rings. The highest BCUT2D eigenvalue weighted by Crippen LogP contribution is 2.50. The predicted molar refractivity (Wildman–Crippen MR) is 90.5 cm³/mol. The zero-order valence-electron chi connectivity index (χ0n) is 12.3. The first-order valence-corrected chi connectivity index (χ1v) is 8.03. The van der Waals surface area contributed by atoms with E-state index in [2.05, 4.69) is 12.2 Å². The van der Waals surface area contributed by atoms with Crippen LogP contribution in [0.4, 0.5) is 0 Å². The first-order valence-electron chi connectivity index (χ1n) is 7.28. The summed E-state index contributed by atoms with van der Waals surface area (Å²) < 4.78 is 0. The first-order chi connectivity index (χ1) is 10.5. The van der Waals surface area contributed by atoms with E-state index >= 15 is 0 Å². The van der Waals surface area contributed by atoms with E-state index in [1.54, 1.807) is 6.07 Å². The Hall–Kier alpha value is -1.51. The van der Waals surface area contributed by atoms with Crippen molar-refractivity contribution in [2.75, 3.05) is 0 Å². The van der Waals surface area contributed by atoms with Crippen LogP contribution in [-0.4, -0.2) is 11.9 Å². The van der Waals surface area contributed by atoms with Gasteiger partial charge in [0.15, 0.2) is 0 Å². The van der Waals surface area contributed by atoms with E-state index in [1.807, 2.05) is 42.5 Å². The molecule has 22 heavy (non-hydrogen) atoms. The van der Waals surface area contributed by atoms with Gasteiger partial charge in [-0.2, -0.15) is 0 Å². The quantitative estimate of drug-likeness (QED) is 0.883. The lowest BCUT2D eigenvalue weighted by Crippen LogP contribution is -2.31. The largest absolute Gasteiger partial charge is 0.352 e. The molecule has 1 N–H and O–H groups in total. The van der Waals surface area contributed by atoms with Gasteiger partial charge in [0.05, 0.1) is 6.42 Å². The molecule has 3 rings (SSSR count). The van der Waals surface area contributed by atoms with Crippen molar-refractivity contribution in [2.45, 2.75) is 31.2 Å². The van der Waals surface area contributed by atoms with E-state index in [9.17, 15) is 4.79 Å². The number of benzene rings is 2. The van der Waals surface area contributed by atoms with E-state index in [0.29, 0.717) is 11.4 Å². The molecule has 0 spiro atoms. The van der Waals surface area contributed by atoms with Crippen LogP contribution in [0.25, 0.3) is 0 Å². The van der Waals surface area contributed by atoms with E-state index in [1.165, 1.54) is 0 Å². The third-order valence-corrected chi connectivity index (χ3v) is 4.88. The fourth-order valence-electron chi connectivity index (χ4n) is 2.88. The topological polar surface area (TPSA) is 29.1 Å². The molecule has 0 aliphatic heterocycles. The van der Waals surface area contributed by atoms with Gasteiger partial charge in [0.1, 0.15) is 0 Å². The fourth-order valence-corrected chi connectivity index (χ4v) is 3.44. The lowest BCUT2D eigenvalue weighted by Gasteiger charge is -2.14. The molecule has 1 aliphatic carbocycles. The van der Waals surface area contributed by atoms with Crippen molar-refractivity contribution in [2.24, 2.45) is 0 Å². The number of rotatable bonds is 4. The van der Waals surface area contributed by atoms with Crippen LogP contribution in [0.5, 0.6) is 0 Å². The Bertz CT molecular complexity index is 716. The molecule has 114 valence electrons. The van der Waals surface area contributed by atoms with Crippen molar-refractivity contribution in [1.82, 2.24) is 5.32 Å². The highest BCUT2D eigenvalue weighted by atomic mass is 35.5. The second-order valence-electron chi connectivity index (χ2n) is 6.03. The highest BCUT2D eigenvalue weighted by Gasteiger charge is 2.52. The minimum absolute atomic E-state index is 0.0167. The van der Waals surface area contributed by atoms with Crippen LogP contribution in [0.3, 0.4) is 0 Å². The van der Waals surface area contributed by atoms with Crippen LogP contribution in [0, 0.1) is 0 Å². The summed E-state index contributed by atoms with van der Waals surface area (Å²) in [5.41, 5.74) is 1.96. The summed E-state index contributed by atoms with van der Waals surface area (Å²) in [5.74, 6) is 0.0167. The minimum atomic E-state index is -0.0671. The van der Waals surface area contributed by atoms with Gasteiger partial charge < -0.3 is 5.32 Å². The molecule has 2 nitrogen and oxygen atoms in total. The molecule has 0 bridgehead atoms. The van der Waals surface area contributed by atoms with Gasteiger partial charge in [-0.05, 0) is 35.7 Å². The Morgan fingerprint density at radius 2 is 2.00 bits per heavy atom. The molecule has 4 heteroatoms. The van der Waals surface area contributed by atoms with Gasteiger partial charge in [-0.15, -0.1) is 0 Å². The Balaban J connectivity index is 1.63. The SMILES string of the molecule is CC1(c2ccccc2Cl)CC1NC(=O)Cc1cccc(Cl)c1. The highest BCUT2D eigenvalue weighted by molar-refractivity contribution is 6.31. The third-order valence-electron chi connectivity index (χ3n) is 4.32. The number of halogens is 2. The smallest absolute Gasteiger partial charge is 0.224 e. The monoisotopic (exact) mass is 333 g/mol. The average Bonchev–Trinajstić information content (AvgIpc) is 3.10. The Morgan fingerprint density at radius 1 is 1.23 bits per heavy atom. The standard InChI is InChI=1S/C18H17Cl2NO/c1-18(14-7-2-3-8-15(14)20)11-16(18)21-17(22)10-12-5-4-6-13(19)9-12/h2-9,16H,10-11H2,1H3,(H,21,22). The van der Waals surface area contributed by atoms with Crippen molar-refractivity contribution in [1.29, 1.82) is 0 Å². The van der Waals surface area contributed by atoms with Gasteiger partial charge in [-0.3, -0.25) is 4.79 Å². The summed E-state index contributed by atoms with van der Waals surface area (Å²) in [7, 11) is 0. The normalized spacial score (nSPS) is 23.1. The lowest BCUT2D eigenvalue weighted by atomic mass is 9.97. The Kier molecular flexibility index (Phi) is 4.16. The maximum Gasteiger partial charge on any atom is 0.224 e. The molecule has 1 saturated carbocycles. The number of amides is 1. The second-order valence-corrected chi connectivity index (χ2v) is 6.87. The molecule has 1 fully saturated rings. The number of hydrogen-bond acceptors (Lipinski definition) is 1. The van der Waals surface area contributed by atoms with Crippen molar-refractivity contribution in [3.63, 3.8) is 0 Å². The van der Waals surface area contributed by atoms with Gasteiger partial charge in [0, 0.05) is 21.5 Å². The maximum absolute atomic E-state index is 12.2. The van der Waals surface area contributed by atoms with E-state index in [0.717, 1.165) is 22.6 Å². The van der Waals surface area contributed by atoms with E-state index in [4.69, 9.17) is 23.2 Å². The van der Waals surface area contributed by atoms with Gasteiger partial charge in [-0.25, -0.2) is 0 Å². The first kappa shape index (κ1) is 15.4. The second kappa shape index (κ2) is 5.94. The molecular weight excluding hydrogens is 317 g/mol. The van der Waals surface area contributed by atoms with Crippen molar-refractivity contribution >= 4 is 29.1 Å². The van der Waals surface area contributed by atoms with Gasteiger partial charge in [0.2, 0.25) is 5.91 Å². The summed E-state index contributed by atoms with van der Waals surface area (Å²) in [6.45, 7) is 2.14. The fraction of sp³-hybridized carbons (Fsp3) is 0.278. The van der Waals surface area contributed by atoms with Crippen LogP contribution in [0.15, 0.2) is 48.5 Å². The number of carbonyl (C=O) groups excluding carboxylic acids is 1. The molecular formula is C18H17Cl2NO. The number of nitrogens with one attached hydrogen (secondary N) is 1. The van der Waals surface area contributed by atoms with E-state index in [-0.39, 0.29) is 17.4 Å². The van der Waals surface area contributed by atoms with Crippen LogP contribution in [-0.2, 0) is 16.6 Å². The van der Waals surface area contributed by atoms with Crippen LogP contribution >= 0.6 is 23.2 Å². The lowest BCUT2D eigenvalue weighted by molar-refractivity contribution is -0.120. The number of carbonyl (C=O) groups is 1. The van der Waals surface area contributed by atoms with Crippen molar-refractivity contribution in [3.05, 3.63) is 69.7 Å². The van der Waals surface area contributed by atoms with Crippen LogP contribution < -0.4 is 5.32 Å². The molecule has 2 aromatic rings. The number of hydrogen-bond donors (Lipinski definition) is 1. The minimum Gasteiger partial charge on any atom is -0.352 e. The molecule has 0 heterocycles. The molecule has 0 radical (unpaired) electrons. The zero-order chi connectivity index (χ0) is 15.7. The molecule has 2 atom stereocenters. The van der Waals surface area contributed by atoms with Crippen LogP contribution in [0.2, 0.25) is 10.0 Å². The summed E-state index contributed by atoms with van der Waals surface area (Å²) in [4.78, 5) is 12.2. The van der Waals surface area contributed by atoms with Gasteiger partial charge >= 0.3 is 0 Å². The Morgan fingerprint density at radius 3 is 2.73 bits per heavy atom. The predicted octanol–water partition coefficient (Wildman–Crippen LogP) is 4.38. The van der Waals surface area contributed by atoms with Crippen molar-refractivity contribution < 1.29 is 4.79 Å². The average molecular weight is 334 g/mol. The van der Waals surface area contributed by atoms with Gasteiger partial charge in [0.25, 0.3) is 0 Å². The summed E-state index contributed by atoms with van der Waals surface area (Å²) in [6, 6.07) is 15.4. The molecule has 0 aromatic heterocycles. The van der Waals surface area contributed by atoms with E-state index < -0.39 is 0 Å². The molecule has 1 amide bonds. The van der Waals surface area contributed by atoms with Gasteiger partial charge in [-0.1, -0.05) is 60.5 Å². The molecule has 0 saturated heterocycles. The summed E-state index contributed by atoms with van der Waals surface area (Å²) >= 11 is 12.2. The maximum atomic E-state index is 12.2. The Labute approximate surface area is 140 Å². The third kappa shape index (κ3) is 3.13. The summed E-state index contributed by atoms with van der Waals surface area (Å²) in [5, 5.41) is 4.51. The molecule has 2 aromatic carbocycles. The summed E-state index contributed by atoms with van der Waals surface area (Å²) in [6.07, 6.45) is 1.26. The molecule has 2 unspecified atom stereocenters. The van der Waals surface area contributed by atoms with Crippen LogP contribution in [0.1, 0.15) is 24.5 Å².